The molecule has 0 radical (unpaired) electrons. The first-order valence-corrected chi connectivity index (χ1v) is 27.3. The number of rotatable bonds is 50. The molecule has 1 unspecified atom stereocenters. The molecule has 0 aromatic rings. The summed E-state index contributed by atoms with van der Waals surface area (Å²) in [7, 11) is 0. The molecule has 0 aromatic carbocycles. The number of hydrogen-bond acceptors (Lipinski definition) is 5. The van der Waals surface area contributed by atoms with Crippen LogP contribution in [0.5, 0.6) is 0 Å². The van der Waals surface area contributed by atoms with Gasteiger partial charge in [-0.2, -0.15) is 0 Å². The zero-order valence-electron chi connectivity index (χ0n) is 41.8. The molecule has 63 heavy (non-hydrogen) atoms. The SMILES string of the molecule is CC/C=C\C/C=C\C/C=C\C/C=C\C/C=C\CCCCCCCCCCCCCCCCCCCCCCCC(=O)OC(CO)COC(=O)CCCCCCCCCCCCCC. The highest BCUT2D eigenvalue weighted by molar-refractivity contribution is 5.70. The molecule has 0 aliphatic rings. The molecule has 1 N–H and O–H groups in total. The Labute approximate surface area is 391 Å². The molecule has 1 atom stereocenters. The quantitative estimate of drug-likeness (QED) is 0.0374. The third kappa shape index (κ3) is 52.1. The molecule has 0 saturated heterocycles. The fraction of sp³-hybridized carbons (Fsp3) is 0.793. The van der Waals surface area contributed by atoms with Crippen molar-refractivity contribution in [1.82, 2.24) is 0 Å². The van der Waals surface area contributed by atoms with Crippen LogP contribution in [0.3, 0.4) is 0 Å². The first-order valence-electron chi connectivity index (χ1n) is 27.3. The fourth-order valence-electron chi connectivity index (χ4n) is 8.00. The second-order valence-corrected chi connectivity index (χ2v) is 18.3. The Morgan fingerprint density at radius 3 is 1.03 bits per heavy atom. The van der Waals surface area contributed by atoms with Gasteiger partial charge in [0.1, 0.15) is 6.61 Å². The minimum absolute atomic E-state index is 0.0609. The van der Waals surface area contributed by atoms with Crippen molar-refractivity contribution in [3.8, 4) is 0 Å². The number of carbonyl (C=O) groups excluding carboxylic acids is 2. The lowest BCUT2D eigenvalue weighted by atomic mass is 10.0. The van der Waals surface area contributed by atoms with Gasteiger partial charge in [0.25, 0.3) is 0 Å². The van der Waals surface area contributed by atoms with Crippen molar-refractivity contribution >= 4 is 11.9 Å². The molecule has 0 aliphatic carbocycles. The van der Waals surface area contributed by atoms with Crippen molar-refractivity contribution in [3.63, 3.8) is 0 Å². The largest absolute Gasteiger partial charge is 0.462 e. The summed E-state index contributed by atoms with van der Waals surface area (Å²) in [4.78, 5) is 24.4. The van der Waals surface area contributed by atoms with Crippen molar-refractivity contribution in [2.75, 3.05) is 13.2 Å². The van der Waals surface area contributed by atoms with E-state index in [0.717, 1.165) is 70.6 Å². The summed E-state index contributed by atoms with van der Waals surface area (Å²) in [5.74, 6) is -0.578. The number of aliphatic hydroxyl groups excluding tert-OH is 1. The van der Waals surface area contributed by atoms with Crippen LogP contribution >= 0.6 is 0 Å². The molecule has 5 nitrogen and oxygen atoms in total. The Balaban J connectivity index is 3.40. The van der Waals surface area contributed by atoms with Gasteiger partial charge in [-0.15, -0.1) is 0 Å². The number of ether oxygens (including phenoxy) is 2. The van der Waals surface area contributed by atoms with Crippen LogP contribution in [0.4, 0.5) is 0 Å². The highest BCUT2D eigenvalue weighted by atomic mass is 16.6. The highest BCUT2D eigenvalue weighted by Crippen LogP contribution is 2.17. The van der Waals surface area contributed by atoms with E-state index in [9.17, 15) is 14.7 Å². The molecule has 0 aliphatic heterocycles. The van der Waals surface area contributed by atoms with Gasteiger partial charge >= 0.3 is 11.9 Å². The summed E-state index contributed by atoms with van der Waals surface area (Å²) in [5.41, 5.74) is 0. The van der Waals surface area contributed by atoms with Gasteiger partial charge in [-0.1, -0.05) is 267 Å². The van der Waals surface area contributed by atoms with E-state index < -0.39 is 6.10 Å². The van der Waals surface area contributed by atoms with Crippen molar-refractivity contribution in [1.29, 1.82) is 0 Å². The predicted octanol–water partition coefficient (Wildman–Crippen LogP) is 18.2. The van der Waals surface area contributed by atoms with Gasteiger partial charge in [0.15, 0.2) is 6.10 Å². The average Bonchev–Trinajstić information content (AvgIpc) is 3.29. The minimum Gasteiger partial charge on any atom is -0.462 e. The zero-order chi connectivity index (χ0) is 45.6. The van der Waals surface area contributed by atoms with Crippen LogP contribution in [0.25, 0.3) is 0 Å². The molecule has 0 spiro atoms. The van der Waals surface area contributed by atoms with E-state index in [0.29, 0.717) is 12.8 Å². The summed E-state index contributed by atoms with van der Waals surface area (Å²) >= 11 is 0. The summed E-state index contributed by atoms with van der Waals surface area (Å²) in [5, 5.41) is 9.61. The molecule has 0 bridgehead atoms. The van der Waals surface area contributed by atoms with Crippen molar-refractivity contribution in [2.24, 2.45) is 0 Å². The summed E-state index contributed by atoms with van der Waals surface area (Å²) in [6.07, 6.45) is 72.1. The molecular weight excluding hydrogens is 777 g/mol. The van der Waals surface area contributed by atoms with Crippen molar-refractivity contribution in [3.05, 3.63) is 60.8 Å². The lowest BCUT2D eigenvalue weighted by Gasteiger charge is -2.15. The number of hydrogen-bond donors (Lipinski definition) is 1. The molecule has 366 valence electrons. The lowest BCUT2D eigenvalue weighted by Crippen LogP contribution is -2.28. The van der Waals surface area contributed by atoms with E-state index in [2.05, 4.69) is 74.6 Å². The van der Waals surface area contributed by atoms with E-state index >= 15 is 0 Å². The van der Waals surface area contributed by atoms with E-state index in [1.165, 1.54) is 180 Å². The van der Waals surface area contributed by atoms with E-state index in [4.69, 9.17) is 9.47 Å². The number of allylic oxidation sites excluding steroid dienone is 10. The number of aliphatic hydroxyl groups is 1. The molecule has 0 fully saturated rings. The molecule has 5 heteroatoms. The Bertz CT molecular complexity index is 1090. The normalized spacial score (nSPS) is 12.6. The first kappa shape index (κ1) is 60.6. The zero-order valence-corrected chi connectivity index (χ0v) is 41.8. The second kappa shape index (κ2) is 53.9. The first-order chi connectivity index (χ1) is 31.1. The Kier molecular flexibility index (Phi) is 51.9. The molecule has 0 heterocycles. The monoisotopic (exact) mass is 881 g/mol. The highest BCUT2D eigenvalue weighted by Gasteiger charge is 2.16. The van der Waals surface area contributed by atoms with Gasteiger partial charge in [0.05, 0.1) is 6.61 Å². The Morgan fingerprint density at radius 2 is 0.683 bits per heavy atom. The molecule has 0 amide bonds. The summed E-state index contributed by atoms with van der Waals surface area (Å²) in [6.45, 7) is 4.04. The van der Waals surface area contributed by atoms with Gasteiger partial charge in [-0.3, -0.25) is 9.59 Å². The van der Waals surface area contributed by atoms with Crippen LogP contribution in [0.15, 0.2) is 60.8 Å². The fourth-order valence-corrected chi connectivity index (χ4v) is 8.00. The van der Waals surface area contributed by atoms with E-state index in [1.807, 2.05) is 0 Å². The van der Waals surface area contributed by atoms with E-state index in [1.54, 1.807) is 0 Å². The maximum absolute atomic E-state index is 12.3. The van der Waals surface area contributed by atoms with Crippen LogP contribution in [0, 0.1) is 0 Å². The van der Waals surface area contributed by atoms with Crippen LogP contribution in [-0.4, -0.2) is 36.4 Å². The topological polar surface area (TPSA) is 72.8 Å². The van der Waals surface area contributed by atoms with Gasteiger partial charge in [-0.05, 0) is 57.8 Å². The standard InChI is InChI=1S/C58H104O5/c1-3-5-7-9-11-13-15-17-18-19-20-21-22-23-24-25-26-27-28-29-30-31-32-33-34-35-36-37-38-39-40-41-43-45-47-49-51-53-58(61)63-56(54-59)55-62-57(60)52-50-48-46-44-42-16-14-12-10-8-6-4-2/h5,7,11,13,17-18,20-21,23-24,56,59H,3-4,6,8-10,12,14-16,19,22,25-55H2,1-2H3/b7-5-,13-11-,18-17-,21-20-,24-23-. The van der Waals surface area contributed by atoms with Crippen LogP contribution < -0.4 is 0 Å². The third-order valence-corrected chi connectivity index (χ3v) is 12.1. The Hall–Kier alpha value is -2.40. The molecule has 0 rings (SSSR count). The smallest absolute Gasteiger partial charge is 0.306 e. The van der Waals surface area contributed by atoms with Crippen LogP contribution in [0.1, 0.15) is 277 Å². The maximum atomic E-state index is 12.3. The van der Waals surface area contributed by atoms with Crippen LogP contribution in [0.2, 0.25) is 0 Å². The van der Waals surface area contributed by atoms with Gasteiger partial charge in [-0.25, -0.2) is 0 Å². The average molecular weight is 881 g/mol. The molecule has 0 saturated carbocycles. The number of unbranched alkanes of at least 4 members (excludes halogenated alkanes) is 32. The van der Waals surface area contributed by atoms with Gasteiger partial charge in [0.2, 0.25) is 0 Å². The molecule has 0 aromatic heterocycles. The lowest BCUT2D eigenvalue weighted by molar-refractivity contribution is -0.161. The second-order valence-electron chi connectivity index (χ2n) is 18.3. The number of esters is 2. The van der Waals surface area contributed by atoms with Crippen molar-refractivity contribution in [2.45, 2.75) is 283 Å². The van der Waals surface area contributed by atoms with Crippen LogP contribution in [-0.2, 0) is 19.1 Å². The van der Waals surface area contributed by atoms with E-state index in [-0.39, 0.29) is 25.2 Å². The summed E-state index contributed by atoms with van der Waals surface area (Å²) in [6, 6.07) is 0. The summed E-state index contributed by atoms with van der Waals surface area (Å²) < 4.78 is 10.7. The molecular formula is C58H104O5. The van der Waals surface area contributed by atoms with Gasteiger partial charge < -0.3 is 14.6 Å². The predicted molar refractivity (Wildman–Crippen MR) is 274 cm³/mol. The maximum Gasteiger partial charge on any atom is 0.306 e. The number of carbonyl (C=O) groups is 2. The van der Waals surface area contributed by atoms with Gasteiger partial charge in [0, 0.05) is 12.8 Å². The Morgan fingerprint density at radius 1 is 0.381 bits per heavy atom. The third-order valence-electron chi connectivity index (χ3n) is 12.1. The minimum atomic E-state index is -0.767. The van der Waals surface area contributed by atoms with Crippen molar-refractivity contribution < 1.29 is 24.2 Å².